The number of halogens is 1. The standard InChI is InChI=1S/C19H17IN2O3S/c1-24-13-7-8-15-14(9-13)18(11-3-5-12(20)6-4-11)21-16(19(26)22-15)10-17(23)25-2/h3-9,16H,10H2,1-2H3,(H,22,26)/t16-/m0/s1. The molecule has 0 unspecified atom stereocenters. The number of esters is 1. The van der Waals surface area contributed by atoms with Crippen LogP contribution in [-0.4, -0.2) is 36.9 Å². The summed E-state index contributed by atoms with van der Waals surface area (Å²) >= 11 is 7.74. The van der Waals surface area contributed by atoms with Gasteiger partial charge in [-0.2, -0.15) is 0 Å². The number of rotatable bonds is 4. The second-order valence-electron chi connectivity index (χ2n) is 5.68. The zero-order valence-electron chi connectivity index (χ0n) is 14.3. The molecule has 1 aliphatic rings. The number of benzodiazepines with no additional fused rings is 1. The number of hydrogen-bond acceptors (Lipinski definition) is 5. The molecule has 0 aromatic heterocycles. The zero-order valence-corrected chi connectivity index (χ0v) is 17.3. The second-order valence-corrected chi connectivity index (χ2v) is 7.37. The van der Waals surface area contributed by atoms with Crippen molar-refractivity contribution >= 4 is 57.2 Å². The number of nitrogens with one attached hydrogen (secondary N) is 1. The Bertz CT molecular complexity index is 881. The van der Waals surface area contributed by atoms with Gasteiger partial charge in [0, 0.05) is 20.4 Å². The minimum atomic E-state index is -0.495. The van der Waals surface area contributed by atoms with Crippen molar-refractivity contribution in [2.75, 3.05) is 19.5 Å². The predicted octanol–water partition coefficient (Wildman–Crippen LogP) is 3.82. The number of fused-ring (bicyclic) bond motifs is 1. The maximum Gasteiger partial charge on any atom is 0.308 e. The number of ether oxygens (including phenoxy) is 2. The lowest BCUT2D eigenvalue weighted by molar-refractivity contribution is -0.140. The van der Waals surface area contributed by atoms with E-state index >= 15 is 0 Å². The summed E-state index contributed by atoms with van der Waals surface area (Å²) in [6.07, 6.45) is 0.0846. The molecule has 2 aromatic carbocycles. The molecule has 3 rings (SSSR count). The molecule has 1 heterocycles. The van der Waals surface area contributed by atoms with Gasteiger partial charge in [0.1, 0.15) is 16.8 Å². The van der Waals surface area contributed by atoms with Gasteiger partial charge in [-0.15, -0.1) is 0 Å². The molecule has 0 bridgehead atoms. The number of methoxy groups -OCH3 is 2. The van der Waals surface area contributed by atoms with Gasteiger partial charge in [-0.25, -0.2) is 0 Å². The van der Waals surface area contributed by atoms with Gasteiger partial charge >= 0.3 is 5.97 Å². The van der Waals surface area contributed by atoms with Crippen molar-refractivity contribution in [2.24, 2.45) is 4.99 Å². The SMILES string of the molecule is COC(=O)C[C@@H]1N=C(c2ccc(I)cc2)c2cc(OC)ccc2NC1=S. The van der Waals surface area contributed by atoms with Crippen LogP contribution in [0.3, 0.4) is 0 Å². The summed E-state index contributed by atoms with van der Waals surface area (Å²) < 4.78 is 11.3. The van der Waals surface area contributed by atoms with Gasteiger partial charge in [0.05, 0.1) is 26.4 Å². The summed E-state index contributed by atoms with van der Waals surface area (Å²) in [7, 11) is 2.98. The fourth-order valence-corrected chi connectivity index (χ4v) is 3.28. The lowest BCUT2D eigenvalue weighted by atomic mass is 10.0. The van der Waals surface area contributed by atoms with Crippen LogP contribution in [0, 0.1) is 3.57 Å². The maximum absolute atomic E-state index is 11.8. The highest BCUT2D eigenvalue weighted by Crippen LogP contribution is 2.29. The minimum Gasteiger partial charge on any atom is -0.497 e. The maximum atomic E-state index is 11.8. The van der Waals surface area contributed by atoms with E-state index in [-0.39, 0.29) is 12.4 Å². The smallest absolute Gasteiger partial charge is 0.308 e. The van der Waals surface area contributed by atoms with E-state index in [9.17, 15) is 4.79 Å². The summed E-state index contributed by atoms with van der Waals surface area (Å²) in [6.45, 7) is 0. The molecule has 0 spiro atoms. The molecule has 0 aliphatic carbocycles. The van der Waals surface area contributed by atoms with Crippen LogP contribution in [0.4, 0.5) is 5.69 Å². The number of thiocarbonyl (C=S) groups is 1. The van der Waals surface area contributed by atoms with Crippen molar-refractivity contribution in [2.45, 2.75) is 12.5 Å². The molecule has 0 radical (unpaired) electrons. The molecule has 0 fully saturated rings. The number of hydrogen-bond donors (Lipinski definition) is 1. The van der Waals surface area contributed by atoms with Crippen molar-refractivity contribution in [1.29, 1.82) is 0 Å². The molecule has 134 valence electrons. The molecular weight excluding hydrogens is 463 g/mol. The fraction of sp³-hybridized carbons (Fsp3) is 0.211. The number of aliphatic imine (C=N–C) groups is 1. The van der Waals surface area contributed by atoms with E-state index in [1.807, 2.05) is 42.5 Å². The Morgan fingerprint density at radius 3 is 2.62 bits per heavy atom. The topological polar surface area (TPSA) is 59.9 Å². The first-order chi connectivity index (χ1) is 12.5. The Morgan fingerprint density at radius 2 is 1.96 bits per heavy atom. The third kappa shape index (κ3) is 4.04. The summed E-state index contributed by atoms with van der Waals surface area (Å²) in [5, 5.41) is 3.22. The first-order valence-corrected chi connectivity index (χ1v) is 9.40. The molecule has 0 saturated carbocycles. The molecule has 26 heavy (non-hydrogen) atoms. The van der Waals surface area contributed by atoms with Crippen molar-refractivity contribution in [3.8, 4) is 5.75 Å². The molecule has 0 saturated heterocycles. The molecule has 7 heteroatoms. The highest BCUT2D eigenvalue weighted by Gasteiger charge is 2.26. The summed E-state index contributed by atoms with van der Waals surface area (Å²) in [4.78, 5) is 17.1. The normalized spacial score (nSPS) is 16.0. The van der Waals surface area contributed by atoms with Crippen molar-refractivity contribution in [3.63, 3.8) is 0 Å². The van der Waals surface area contributed by atoms with Crippen LogP contribution in [0.2, 0.25) is 0 Å². The number of carbonyl (C=O) groups excluding carboxylic acids is 1. The van der Waals surface area contributed by atoms with Crippen LogP contribution in [0.5, 0.6) is 5.75 Å². The number of nitrogens with zero attached hydrogens (tertiary/aromatic N) is 1. The van der Waals surface area contributed by atoms with Gasteiger partial charge < -0.3 is 14.8 Å². The average molecular weight is 480 g/mol. The largest absolute Gasteiger partial charge is 0.497 e. The molecular formula is C19H17IN2O3S. The van der Waals surface area contributed by atoms with Gasteiger partial charge in [0.2, 0.25) is 0 Å². The summed E-state index contributed by atoms with van der Waals surface area (Å²) in [6, 6.07) is 13.2. The second kappa shape index (κ2) is 8.13. The van der Waals surface area contributed by atoms with Crippen LogP contribution in [0.15, 0.2) is 47.5 Å². The van der Waals surface area contributed by atoms with Crippen molar-refractivity contribution in [3.05, 3.63) is 57.2 Å². The van der Waals surface area contributed by atoms with E-state index in [1.54, 1.807) is 7.11 Å². The van der Waals surface area contributed by atoms with Gasteiger partial charge in [0.15, 0.2) is 0 Å². The van der Waals surface area contributed by atoms with Gasteiger partial charge in [-0.05, 0) is 52.9 Å². The Balaban J connectivity index is 2.15. The Labute approximate surface area is 170 Å². The predicted molar refractivity (Wildman–Crippen MR) is 114 cm³/mol. The first-order valence-electron chi connectivity index (χ1n) is 7.91. The van der Waals surface area contributed by atoms with E-state index in [0.717, 1.165) is 31.8 Å². The van der Waals surface area contributed by atoms with Crippen molar-refractivity contribution < 1.29 is 14.3 Å². The quantitative estimate of drug-likeness (QED) is 0.410. The summed E-state index contributed by atoms with van der Waals surface area (Å²) in [5.41, 5.74) is 3.42. The lowest BCUT2D eigenvalue weighted by Crippen LogP contribution is -2.26. The van der Waals surface area contributed by atoms with Gasteiger partial charge in [-0.3, -0.25) is 9.79 Å². The fourth-order valence-electron chi connectivity index (χ4n) is 2.67. The van der Waals surface area contributed by atoms with Crippen LogP contribution in [-0.2, 0) is 9.53 Å². The third-order valence-corrected chi connectivity index (χ3v) is 5.13. The minimum absolute atomic E-state index is 0.0846. The molecule has 1 atom stereocenters. The zero-order chi connectivity index (χ0) is 18.7. The van der Waals surface area contributed by atoms with E-state index in [4.69, 9.17) is 26.7 Å². The molecule has 2 aromatic rings. The van der Waals surface area contributed by atoms with Crippen LogP contribution in [0.25, 0.3) is 0 Å². The Kier molecular flexibility index (Phi) is 5.87. The third-order valence-electron chi connectivity index (χ3n) is 4.03. The van der Waals surface area contributed by atoms with Crippen LogP contribution < -0.4 is 10.1 Å². The molecule has 0 amide bonds. The van der Waals surface area contributed by atoms with Crippen molar-refractivity contribution in [1.82, 2.24) is 0 Å². The van der Waals surface area contributed by atoms with E-state index in [1.165, 1.54) is 7.11 Å². The van der Waals surface area contributed by atoms with Crippen LogP contribution >= 0.6 is 34.8 Å². The summed E-state index contributed by atoms with van der Waals surface area (Å²) in [5.74, 6) is 0.370. The molecule has 1 N–H and O–H groups in total. The lowest BCUT2D eigenvalue weighted by Gasteiger charge is -2.12. The first kappa shape index (κ1) is 18.8. The molecule has 1 aliphatic heterocycles. The monoisotopic (exact) mass is 480 g/mol. The number of benzene rings is 2. The highest BCUT2D eigenvalue weighted by atomic mass is 127. The van der Waals surface area contributed by atoms with Gasteiger partial charge in [0.25, 0.3) is 0 Å². The highest BCUT2D eigenvalue weighted by molar-refractivity contribution is 14.1. The average Bonchev–Trinajstić information content (AvgIpc) is 2.78. The number of carbonyl (C=O) groups is 1. The molecule has 5 nitrogen and oxygen atoms in total. The van der Waals surface area contributed by atoms with E-state index < -0.39 is 6.04 Å². The van der Waals surface area contributed by atoms with Gasteiger partial charge in [-0.1, -0.05) is 24.4 Å². The van der Waals surface area contributed by atoms with Crippen LogP contribution in [0.1, 0.15) is 17.5 Å². The number of anilines is 1. The Hall–Kier alpha value is -2.00. The van der Waals surface area contributed by atoms with E-state index in [0.29, 0.717) is 4.99 Å². The Morgan fingerprint density at radius 1 is 1.23 bits per heavy atom. The van der Waals surface area contributed by atoms with E-state index in [2.05, 4.69) is 27.9 Å².